The van der Waals surface area contributed by atoms with E-state index in [0.29, 0.717) is 18.9 Å². The molecular formula is C18H24N4O4S. The predicted molar refractivity (Wildman–Crippen MR) is 102 cm³/mol. The van der Waals surface area contributed by atoms with Crippen LogP contribution in [-0.4, -0.2) is 56.1 Å². The zero-order valence-electron chi connectivity index (χ0n) is 15.3. The van der Waals surface area contributed by atoms with Gasteiger partial charge in [0.05, 0.1) is 23.8 Å². The maximum atomic E-state index is 11.6. The van der Waals surface area contributed by atoms with Gasteiger partial charge in [-0.25, -0.2) is 8.42 Å². The molecule has 27 heavy (non-hydrogen) atoms. The van der Waals surface area contributed by atoms with Gasteiger partial charge < -0.3 is 9.47 Å². The first-order valence-corrected chi connectivity index (χ1v) is 11.0. The Hall–Kier alpha value is -2.26. The number of aromatic amines is 1. The summed E-state index contributed by atoms with van der Waals surface area (Å²) in [6.07, 6.45) is 4.71. The fraction of sp³-hybridized carbons (Fsp3) is 0.500. The van der Waals surface area contributed by atoms with Crippen molar-refractivity contribution in [3.05, 3.63) is 35.7 Å². The van der Waals surface area contributed by atoms with E-state index in [9.17, 15) is 8.42 Å². The number of nitrogens with one attached hydrogen (secondary N) is 2. The number of likely N-dealkylation sites (tertiary alicyclic amines) is 1. The lowest BCUT2D eigenvalue weighted by molar-refractivity contribution is 0.161. The maximum absolute atomic E-state index is 11.6. The topological polar surface area (TPSA) is 96.5 Å². The first-order valence-electron chi connectivity index (χ1n) is 9.10. The van der Waals surface area contributed by atoms with Crippen molar-refractivity contribution in [1.29, 1.82) is 0 Å². The Morgan fingerprint density at radius 3 is 3.04 bits per heavy atom. The Morgan fingerprint density at radius 1 is 1.33 bits per heavy atom. The van der Waals surface area contributed by atoms with Gasteiger partial charge in [-0.1, -0.05) is 12.1 Å². The molecule has 0 saturated carbocycles. The van der Waals surface area contributed by atoms with Crippen molar-refractivity contribution in [3.8, 4) is 11.5 Å². The quantitative estimate of drug-likeness (QED) is 0.807. The molecule has 4 rings (SSSR count). The second-order valence-corrected chi connectivity index (χ2v) is 8.84. The summed E-state index contributed by atoms with van der Waals surface area (Å²) in [6, 6.07) is 6.00. The largest absolute Gasteiger partial charge is 0.486 e. The van der Waals surface area contributed by atoms with Crippen molar-refractivity contribution in [2.24, 2.45) is 0 Å². The van der Waals surface area contributed by atoms with Crippen LogP contribution in [0.3, 0.4) is 0 Å². The number of para-hydroxylation sites is 1. The van der Waals surface area contributed by atoms with Crippen LogP contribution in [0.2, 0.25) is 0 Å². The molecule has 1 fully saturated rings. The number of anilines is 1. The van der Waals surface area contributed by atoms with E-state index in [4.69, 9.17) is 9.47 Å². The maximum Gasteiger partial charge on any atom is 0.229 e. The lowest BCUT2D eigenvalue weighted by Gasteiger charge is -2.33. The third-order valence-electron chi connectivity index (χ3n) is 4.92. The molecule has 146 valence electrons. The normalized spacial score (nSPS) is 20.4. The summed E-state index contributed by atoms with van der Waals surface area (Å²) in [7, 11) is -3.33. The van der Waals surface area contributed by atoms with Gasteiger partial charge in [0.15, 0.2) is 11.5 Å². The number of sulfonamides is 1. The van der Waals surface area contributed by atoms with Crippen molar-refractivity contribution in [2.75, 3.05) is 37.3 Å². The van der Waals surface area contributed by atoms with Crippen molar-refractivity contribution in [1.82, 2.24) is 15.1 Å². The summed E-state index contributed by atoms with van der Waals surface area (Å²) in [4.78, 5) is 2.37. The van der Waals surface area contributed by atoms with Crippen LogP contribution in [0, 0.1) is 0 Å². The summed E-state index contributed by atoms with van der Waals surface area (Å²) < 4.78 is 37.2. The number of ether oxygens (including phenoxy) is 2. The lowest BCUT2D eigenvalue weighted by atomic mass is 9.93. The Kier molecular flexibility index (Phi) is 4.96. The molecule has 1 aromatic carbocycles. The van der Waals surface area contributed by atoms with Crippen LogP contribution in [0.25, 0.3) is 0 Å². The molecule has 0 bridgehead atoms. The van der Waals surface area contributed by atoms with Crippen LogP contribution >= 0.6 is 0 Å². The van der Waals surface area contributed by atoms with Crippen molar-refractivity contribution < 1.29 is 17.9 Å². The molecule has 1 atom stereocenters. The predicted octanol–water partition coefficient (Wildman–Crippen LogP) is 1.93. The highest BCUT2D eigenvalue weighted by Crippen LogP contribution is 2.36. The Morgan fingerprint density at radius 2 is 2.19 bits per heavy atom. The van der Waals surface area contributed by atoms with Crippen LogP contribution in [0.15, 0.2) is 24.4 Å². The zero-order chi connectivity index (χ0) is 18.9. The van der Waals surface area contributed by atoms with Gasteiger partial charge in [0.1, 0.15) is 13.2 Å². The van der Waals surface area contributed by atoms with Crippen molar-refractivity contribution in [3.63, 3.8) is 0 Å². The number of hydrogen-bond acceptors (Lipinski definition) is 6. The van der Waals surface area contributed by atoms with E-state index < -0.39 is 10.0 Å². The van der Waals surface area contributed by atoms with Crippen molar-refractivity contribution >= 4 is 15.7 Å². The second kappa shape index (κ2) is 7.40. The smallest absolute Gasteiger partial charge is 0.229 e. The van der Waals surface area contributed by atoms with Crippen LogP contribution in [0.1, 0.15) is 30.0 Å². The summed E-state index contributed by atoms with van der Waals surface area (Å²) >= 11 is 0. The first kappa shape index (κ1) is 18.1. The van der Waals surface area contributed by atoms with Gasteiger partial charge in [-0.2, -0.15) is 5.10 Å². The minimum atomic E-state index is -3.33. The van der Waals surface area contributed by atoms with Gasteiger partial charge >= 0.3 is 0 Å². The fourth-order valence-electron chi connectivity index (χ4n) is 3.82. The van der Waals surface area contributed by atoms with E-state index in [2.05, 4.69) is 25.9 Å². The number of nitrogens with zero attached hydrogens (tertiary/aromatic N) is 2. The first-order chi connectivity index (χ1) is 13.0. The summed E-state index contributed by atoms with van der Waals surface area (Å²) in [6.45, 7) is 3.74. The highest BCUT2D eigenvalue weighted by atomic mass is 32.2. The third-order valence-corrected chi connectivity index (χ3v) is 5.51. The summed E-state index contributed by atoms with van der Waals surface area (Å²) in [5.41, 5.74) is 2.50. The monoisotopic (exact) mass is 392 g/mol. The molecule has 2 aromatic rings. The van der Waals surface area contributed by atoms with Gasteiger partial charge in [0, 0.05) is 24.6 Å². The highest BCUT2D eigenvalue weighted by molar-refractivity contribution is 7.92. The molecule has 2 aliphatic rings. The van der Waals surface area contributed by atoms with E-state index >= 15 is 0 Å². The Balaban J connectivity index is 1.49. The van der Waals surface area contributed by atoms with Gasteiger partial charge in [-0.15, -0.1) is 0 Å². The van der Waals surface area contributed by atoms with Gasteiger partial charge in [-0.3, -0.25) is 14.7 Å². The second-order valence-electron chi connectivity index (χ2n) is 7.09. The summed E-state index contributed by atoms with van der Waals surface area (Å²) in [5.74, 6) is 1.84. The minimum absolute atomic E-state index is 0.196. The average molecular weight is 392 g/mol. The van der Waals surface area contributed by atoms with Gasteiger partial charge in [0.25, 0.3) is 0 Å². The molecule has 1 aromatic heterocycles. The van der Waals surface area contributed by atoms with E-state index in [0.717, 1.165) is 61.5 Å². The molecule has 3 heterocycles. The number of H-pyrrole nitrogens is 1. The molecule has 0 amide bonds. The SMILES string of the molecule is CS(=O)(=O)Nc1cn[nH]c1[C@@H]1CCCN(Cc2cccc3c2OCCO3)C1. The molecule has 2 aliphatic heterocycles. The number of aromatic nitrogens is 2. The molecule has 2 N–H and O–H groups in total. The van der Waals surface area contributed by atoms with E-state index in [1.165, 1.54) is 6.20 Å². The number of hydrogen-bond donors (Lipinski definition) is 2. The molecule has 0 aliphatic carbocycles. The number of piperidine rings is 1. The van der Waals surface area contributed by atoms with E-state index in [-0.39, 0.29) is 5.92 Å². The fourth-order valence-corrected chi connectivity index (χ4v) is 4.38. The molecular weight excluding hydrogens is 368 g/mol. The van der Waals surface area contributed by atoms with Crippen LogP contribution in [0.4, 0.5) is 5.69 Å². The van der Waals surface area contributed by atoms with E-state index in [1.807, 2.05) is 12.1 Å². The number of fused-ring (bicyclic) bond motifs is 1. The number of rotatable bonds is 5. The van der Waals surface area contributed by atoms with Crippen molar-refractivity contribution in [2.45, 2.75) is 25.3 Å². The lowest BCUT2D eigenvalue weighted by Crippen LogP contribution is -2.34. The van der Waals surface area contributed by atoms with Gasteiger partial charge in [0.2, 0.25) is 10.0 Å². The van der Waals surface area contributed by atoms with Crippen LogP contribution in [-0.2, 0) is 16.6 Å². The highest BCUT2D eigenvalue weighted by Gasteiger charge is 2.27. The molecule has 1 saturated heterocycles. The molecule has 8 nitrogen and oxygen atoms in total. The number of benzene rings is 1. The standard InChI is InChI=1S/C18H24N4O4S/c1-27(23,24)21-15-10-19-20-17(15)13-5-3-7-22(11-13)12-14-4-2-6-16-18(14)26-9-8-25-16/h2,4,6,10,13,21H,3,5,7-9,11-12H2,1H3,(H,19,20)/t13-/m1/s1. The average Bonchev–Trinajstić information content (AvgIpc) is 3.08. The van der Waals surface area contributed by atoms with Crippen LogP contribution in [0.5, 0.6) is 11.5 Å². The summed E-state index contributed by atoms with van der Waals surface area (Å²) in [5, 5.41) is 7.03. The Bertz CT molecular complexity index is 912. The third kappa shape index (κ3) is 4.19. The molecule has 9 heteroatoms. The zero-order valence-corrected chi connectivity index (χ0v) is 16.1. The molecule has 0 radical (unpaired) electrons. The molecule has 0 unspecified atom stereocenters. The Labute approximate surface area is 158 Å². The van der Waals surface area contributed by atoms with E-state index in [1.54, 1.807) is 0 Å². The van der Waals surface area contributed by atoms with Crippen LogP contribution < -0.4 is 14.2 Å². The minimum Gasteiger partial charge on any atom is -0.486 e. The molecule has 0 spiro atoms. The van der Waals surface area contributed by atoms with Gasteiger partial charge in [-0.05, 0) is 25.5 Å².